The number of amides is 2. The molecule has 0 atom stereocenters. The van der Waals surface area contributed by atoms with Crippen LogP contribution >= 0.6 is 12.8 Å². The predicted molar refractivity (Wildman–Crippen MR) is 49.5 cm³/mol. The minimum absolute atomic E-state index is 0.242. The molecule has 2 amide bonds. The van der Waals surface area contributed by atoms with Gasteiger partial charge in [0.1, 0.15) is 0 Å². The number of nitrogens with zero attached hydrogens (tertiary/aromatic N) is 1. The summed E-state index contributed by atoms with van der Waals surface area (Å²) in [6.45, 7) is 7.81. The van der Waals surface area contributed by atoms with Crippen LogP contribution in [0.1, 0.15) is 0 Å². The first-order valence-electron chi connectivity index (χ1n) is 3.18. The van der Waals surface area contributed by atoms with Crippen molar-refractivity contribution in [3.05, 3.63) is 25.3 Å². The Morgan fingerprint density at radius 1 is 1.55 bits per heavy atom. The lowest BCUT2D eigenvalue weighted by molar-refractivity contribution is 0.230. The molecule has 11 heavy (non-hydrogen) atoms. The summed E-state index contributed by atoms with van der Waals surface area (Å²) in [6, 6.07) is -0.242. The molecule has 0 unspecified atom stereocenters. The third kappa shape index (κ3) is 4.50. The number of thiol groups is 1. The fraction of sp³-hybridized carbons (Fsp3) is 0.286. The van der Waals surface area contributed by atoms with Crippen LogP contribution in [-0.2, 0) is 0 Å². The Morgan fingerprint density at radius 3 is 2.64 bits per heavy atom. The first-order chi connectivity index (χ1) is 5.22. The second-order valence-corrected chi connectivity index (χ2v) is 2.33. The Labute approximate surface area is 72.3 Å². The third-order valence-electron chi connectivity index (χ3n) is 0.934. The maximum absolute atomic E-state index is 10.9. The Bertz CT molecular complexity index is 159. The number of carbonyl (C=O) groups excluding carboxylic acids is 1. The van der Waals surface area contributed by atoms with Crippen molar-refractivity contribution in [1.82, 2.24) is 9.62 Å². The van der Waals surface area contributed by atoms with E-state index in [0.29, 0.717) is 13.1 Å². The summed E-state index contributed by atoms with van der Waals surface area (Å²) in [7, 11) is 0. The van der Waals surface area contributed by atoms with E-state index in [1.807, 2.05) is 0 Å². The molecular formula is C7H12N2OS. The Morgan fingerprint density at radius 2 is 2.18 bits per heavy atom. The van der Waals surface area contributed by atoms with Gasteiger partial charge in [-0.3, -0.25) is 4.31 Å². The molecule has 0 bridgehead atoms. The van der Waals surface area contributed by atoms with E-state index in [9.17, 15) is 4.79 Å². The third-order valence-corrected chi connectivity index (χ3v) is 1.28. The number of rotatable bonds is 4. The van der Waals surface area contributed by atoms with E-state index < -0.39 is 0 Å². The largest absolute Gasteiger partial charge is 0.334 e. The molecule has 0 aromatic heterocycles. The number of carbonyl (C=O) groups is 1. The number of urea groups is 1. The minimum atomic E-state index is -0.242. The van der Waals surface area contributed by atoms with Crippen molar-refractivity contribution in [3.8, 4) is 0 Å². The van der Waals surface area contributed by atoms with Crippen molar-refractivity contribution in [2.24, 2.45) is 0 Å². The van der Waals surface area contributed by atoms with Gasteiger partial charge in [-0.2, -0.15) is 0 Å². The molecule has 0 spiro atoms. The molecule has 0 saturated carbocycles. The highest BCUT2D eigenvalue weighted by atomic mass is 32.1. The van der Waals surface area contributed by atoms with Crippen LogP contribution in [0.5, 0.6) is 0 Å². The van der Waals surface area contributed by atoms with Gasteiger partial charge in [-0.15, -0.1) is 13.2 Å². The van der Waals surface area contributed by atoms with Crippen LogP contribution in [0.15, 0.2) is 25.3 Å². The normalized spacial score (nSPS) is 8.45. The Balaban J connectivity index is 3.62. The van der Waals surface area contributed by atoms with E-state index in [-0.39, 0.29) is 6.03 Å². The van der Waals surface area contributed by atoms with Crippen molar-refractivity contribution in [2.75, 3.05) is 13.1 Å². The van der Waals surface area contributed by atoms with Gasteiger partial charge in [0.15, 0.2) is 0 Å². The molecule has 0 aromatic carbocycles. The highest BCUT2D eigenvalue weighted by molar-refractivity contribution is 7.78. The summed E-state index contributed by atoms with van der Waals surface area (Å²) in [5.74, 6) is 0. The first-order valence-corrected chi connectivity index (χ1v) is 3.58. The maximum Gasteiger partial charge on any atom is 0.327 e. The van der Waals surface area contributed by atoms with E-state index in [1.165, 1.54) is 4.31 Å². The van der Waals surface area contributed by atoms with Gasteiger partial charge in [0.25, 0.3) is 0 Å². The van der Waals surface area contributed by atoms with E-state index in [1.54, 1.807) is 12.2 Å². The molecule has 1 N–H and O–H groups in total. The van der Waals surface area contributed by atoms with Crippen molar-refractivity contribution in [3.63, 3.8) is 0 Å². The monoisotopic (exact) mass is 172 g/mol. The summed E-state index contributed by atoms with van der Waals surface area (Å²) in [5, 5.41) is 2.56. The van der Waals surface area contributed by atoms with Crippen LogP contribution in [0.3, 0.4) is 0 Å². The van der Waals surface area contributed by atoms with Gasteiger partial charge in [-0.25, -0.2) is 4.79 Å². The SMILES string of the molecule is C=CCNC(=O)N(S)CC=C. The lowest BCUT2D eigenvalue weighted by Gasteiger charge is -2.12. The molecule has 4 heteroatoms. The van der Waals surface area contributed by atoms with Gasteiger partial charge in [0.05, 0.1) is 6.54 Å². The number of hydrogen-bond acceptors (Lipinski definition) is 2. The number of nitrogens with one attached hydrogen (secondary N) is 1. The standard InChI is InChI=1S/C7H12N2OS/c1-3-5-8-7(10)9(11)6-4-2/h3-4,11H,1-2,5-6H2,(H,8,10). The highest BCUT2D eigenvalue weighted by Crippen LogP contribution is 1.92. The van der Waals surface area contributed by atoms with Crippen molar-refractivity contribution in [2.45, 2.75) is 0 Å². The quantitative estimate of drug-likeness (QED) is 0.485. The Kier molecular flexibility index (Phi) is 5.37. The van der Waals surface area contributed by atoms with Crippen LogP contribution in [-0.4, -0.2) is 23.4 Å². The summed E-state index contributed by atoms with van der Waals surface area (Å²) in [6.07, 6.45) is 3.20. The zero-order valence-electron chi connectivity index (χ0n) is 6.29. The summed E-state index contributed by atoms with van der Waals surface area (Å²) in [5.41, 5.74) is 0. The molecule has 0 radical (unpaired) electrons. The minimum Gasteiger partial charge on any atom is -0.334 e. The molecular weight excluding hydrogens is 160 g/mol. The average molecular weight is 172 g/mol. The highest BCUT2D eigenvalue weighted by Gasteiger charge is 2.04. The molecule has 0 aliphatic rings. The van der Waals surface area contributed by atoms with E-state index >= 15 is 0 Å². The lowest BCUT2D eigenvalue weighted by Crippen LogP contribution is -2.33. The Hall–Kier alpha value is -0.900. The summed E-state index contributed by atoms with van der Waals surface area (Å²) < 4.78 is 1.23. The lowest BCUT2D eigenvalue weighted by atomic mass is 10.6. The second-order valence-electron chi connectivity index (χ2n) is 1.85. The fourth-order valence-electron chi connectivity index (χ4n) is 0.456. The molecule has 0 aromatic rings. The summed E-state index contributed by atoms with van der Waals surface area (Å²) in [4.78, 5) is 10.9. The van der Waals surface area contributed by atoms with E-state index in [4.69, 9.17) is 0 Å². The topological polar surface area (TPSA) is 32.3 Å². The zero-order valence-corrected chi connectivity index (χ0v) is 7.18. The van der Waals surface area contributed by atoms with Crippen LogP contribution in [0.25, 0.3) is 0 Å². The van der Waals surface area contributed by atoms with Crippen molar-refractivity contribution >= 4 is 18.8 Å². The van der Waals surface area contributed by atoms with Crippen LogP contribution in [0.2, 0.25) is 0 Å². The van der Waals surface area contributed by atoms with Crippen molar-refractivity contribution in [1.29, 1.82) is 0 Å². The number of hydrogen-bond donors (Lipinski definition) is 2. The van der Waals surface area contributed by atoms with Gasteiger partial charge in [-0.05, 0) is 0 Å². The molecule has 0 aliphatic carbocycles. The van der Waals surface area contributed by atoms with Crippen LogP contribution < -0.4 is 5.32 Å². The van der Waals surface area contributed by atoms with Gasteiger partial charge in [0.2, 0.25) is 0 Å². The summed E-state index contributed by atoms with van der Waals surface area (Å²) >= 11 is 3.89. The molecule has 0 aliphatic heterocycles. The molecule has 3 nitrogen and oxygen atoms in total. The molecule has 0 rings (SSSR count). The van der Waals surface area contributed by atoms with Crippen molar-refractivity contribution < 1.29 is 4.79 Å². The smallest absolute Gasteiger partial charge is 0.327 e. The molecule has 0 fully saturated rings. The maximum atomic E-state index is 10.9. The molecule has 62 valence electrons. The second kappa shape index (κ2) is 5.85. The van der Waals surface area contributed by atoms with Gasteiger partial charge in [-0.1, -0.05) is 25.0 Å². The molecule has 0 saturated heterocycles. The fourth-order valence-corrected chi connectivity index (χ4v) is 0.642. The zero-order chi connectivity index (χ0) is 8.69. The van der Waals surface area contributed by atoms with Crippen LogP contribution in [0, 0.1) is 0 Å². The molecule has 0 heterocycles. The average Bonchev–Trinajstić information content (AvgIpc) is 2.00. The van der Waals surface area contributed by atoms with E-state index in [2.05, 4.69) is 31.3 Å². The van der Waals surface area contributed by atoms with Gasteiger partial charge in [0, 0.05) is 6.54 Å². The van der Waals surface area contributed by atoms with Crippen LogP contribution in [0.4, 0.5) is 4.79 Å². The van der Waals surface area contributed by atoms with Gasteiger partial charge >= 0.3 is 6.03 Å². The predicted octanol–water partition coefficient (Wildman–Crippen LogP) is 1.21. The van der Waals surface area contributed by atoms with E-state index in [0.717, 1.165) is 0 Å². The first kappa shape index (κ1) is 10.1. The van der Waals surface area contributed by atoms with Gasteiger partial charge < -0.3 is 5.32 Å².